The first-order chi connectivity index (χ1) is 9.58. The predicted octanol–water partition coefficient (Wildman–Crippen LogP) is 2.33. The topological polar surface area (TPSA) is 78.9 Å². The summed E-state index contributed by atoms with van der Waals surface area (Å²) in [5, 5.41) is 4.20. The van der Waals surface area contributed by atoms with Crippen LogP contribution in [0.25, 0.3) is 0 Å². The molecule has 0 aliphatic rings. The van der Waals surface area contributed by atoms with Crippen molar-refractivity contribution in [3.63, 3.8) is 0 Å². The van der Waals surface area contributed by atoms with Crippen LogP contribution in [-0.2, 0) is 6.42 Å². The number of nitrogens with zero attached hydrogens (tertiary/aromatic N) is 4. The van der Waals surface area contributed by atoms with E-state index in [-0.39, 0.29) is 6.04 Å². The third-order valence-electron chi connectivity index (χ3n) is 3.02. The van der Waals surface area contributed by atoms with Crippen molar-refractivity contribution in [2.24, 2.45) is 5.73 Å². The molecule has 0 amide bonds. The fourth-order valence-corrected chi connectivity index (χ4v) is 1.71. The standard InChI is InChI=1S/C14H21N5O/c1-4-12(15)5-11-6-16-14(17-7-11)20-13-8-18-19(9-13)10(2)3/h6-10,12H,4-5,15H2,1-3H3. The highest BCUT2D eigenvalue weighted by Crippen LogP contribution is 2.18. The lowest BCUT2D eigenvalue weighted by Crippen LogP contribution is -2.21. The van der Waals surface area contributed by atoms with Crippen LogP contribution in [0, 0.1) is 0 Å². The molecule has 20 heavy (non-hydrogen) atoms. The van der Waals surface area contributed by atoms with Crippen LogP contribution in [0.3, 0.4) is 0 Å². The lowest BCUT2D eigenvalue weighted by atomic mass is 10.1. The molecule has 2 aromatic rings. The zero-order valence-electron chi connectivity index (χ0n) is 12.2. The Kier molecular flexibility index (Phi) is 4.68. The molecule has 0 fully saturated rings. The van der Waals surface area contributed by atoms with Gasteiger partial charge in [0.2, 0.25) is 0 Å². The second-order valence-corrected chi connectivity index (χ2v) is 5.10. The van der Waals surface area contributed by atoms with E-state index in [0.717, 1.165) is 18.4 Å². The fraction of sp³-hybridized carbons (Fsp3) is 0.500. The predicted molar refractivity (Wildman–Crippen MR) is 76.7 cm³/mol. The maximum atomic E-state index is 5.90. The van der Waals surface area contributed by atoms with E-state index in [1.807, 2.05) is 10.9 Å². The summed E-state index contributed by atoms with van der Waals surface area (Å²) >= 11 is 0. The van der Waals surface area contributed by atoms with Gasteiger partial charge in [0, 0.05) is 24.5 Å². The summed E-state index contributed by atoms with van der Waals surface area (Å²) < 4.78 is 7.38. The second-order valence-electron chi connectivity index (χ2n) is 5.10. The minimum absolute atomic E-state index is 0.148. The minimum atomic E-state index is 0.148. The average Bonchev–Trinajstić information content (AvgIpc) is 2.89. The smallest absolute Gasteiger partial charge is 0.321 e. The van der Waals surface area contributed by atoms with Crippen molar-refractivity contribution in [3.05, 3.63) is 30.4 Å². The van der Waals surface area contributed by atoms with Crippen LogP contribution in [0.5, 0.6) is 11.8 Å². The number of nitrogens with two attached hydrogens (primary N) is 1. The van der Waals surface area contributed by atoms with E-state index < -0.39 is 0 Å². The Balaban J connectivity index is 1.99. The molecule has 2 N–H and O–H groups in total. The Morgan fingerprint density at radius 3 is 2.50 bits per heavy atom. The van der Waals surface area contributed by atoms with Crippen molar-refractivity contribution in [2.75, 3.05) is 0 Å². The summed E-state index contributed by atoms with van der Waals surface area (Å²) in [7, 11) is 0. The molecule has 1 unspecified atom stereocenters. The van der Waals surface area contributed by atoms with E-state index in [4.69, 9.17) is 10.5 Å². The van der Waals surface area contributed by atoms with Crippen LogP contribution >= 0.6 is 0 Å². The van der Waals surface area contributed by atoms with Gasteiger partial charge in [0.05, 0.1) is 12.4 Å². The molecule has 108 valence electrons. The van der Waals surface area contributed by atoms with E-state index in [1.165, 1.54) is 0 Å². The highest BCUT2D eigenvalue weighted by atomic mass is 16.5. The van der Waals surface area contributed by atoms with Crippen LogP contribution in [0.1, 0.15) is 38.8 Å². The summed E-state index contributed by atoms with van der Waals surface area (Å²) in [5.41, 5.74) is 6.92. The first kappa shape index (κ1) is 14.5. The Labute approximate surface area is 119 Å². The molecular formula is C14H21N5O. The maximum Gasteiger partial charge on any atom is 0.321 e. The highest BCUT2D eigenvalue weighted by molar-refractivity contribution is 5.18. The third kappa shape index (κ3) is 3.77. The first-order valence-electron chi connectivity index (χ1n) is 6.87. The number of rotatable bonds is 6. The van der Waals surface area contributed by atoms with E-state index >= 15 is 0 Å². The van der Waals surface area contributed by atoms with Gasteiger partial charge < -0.3 is 10.5 Å². The van der Waals surface area contributed by atoms with Crippen molar-refractivity contribution in [2.45, 2.75) is 45.7 Å². The summed E-state index contributed by atoms with van der Waals surface area (Å²) in [5.74, 6) is 0.636. The Bertz CT molecular complexity index is 535. The van der Waals surface area contributed by atoms with Gasteiger partial charge in [-0.15, -0.1) is 0 Å². The first-order valence-corrected chi connectivity index (χ1v) is 6.87. The fourth-order valence-electron chi connectivity index (χ4n) is 1.71. The molecule has 0 aliphatic heterocycles. The van der Waals surface area contributed by atoms with Crippen molar-refractivity contribution < 1.29 is 4.74 Å². The molecule has 0 bridgehead atoms. The van der Waals surface area contributed by atoms with Crippen LogP contribution < -0.4 is 10.5 Å². The summed E-state index contributed by atoms with van der Waals surface area (Å²) in [6, 6.07) is 0.767. The second kappa shape index (κ2) is 6.47. The monoisotopic (exact) mass is 275 g/mol. The number of aromatic nitrogens is 4. The van der Waals surface area contributed by atoms with Gasteiger partial charge in [0.15, 0.2) is 5.75 Å². The lowest BCUT2D eigenvalue weighted by molar-refractivity contribution is 0.438. The third-order valence-corrected chi connectivity index (χ3v) is 3.02. The van der Waals surface area contributed by atoms with E-state index in [2.05, 4.69) is 35.8 Å². The summed E-state index contributed by atoms with van der Waals surface area (Å²) in [6.45, 7) is 6.17. The number of ether oxygens (including phenoxy) is 1. The molecule has 2 heterocycles. The van der Waals surface area contributed by atoms with Gasteiger partial charge in [0.1, 0.15) is 0 Å². The molecule has 0 saturated carbocycles. The molecule has 2 aromatic heterocycles. The minimum Gasteiger partial charge on any atom is -0.421 e. The van der Waals surface area contributed by atoms with Crippen LogP contribution in [0.15, 0.2) is 24.8 Å². The Morgan fingerprint density at radius 1 is 1.25 bits per heavy atom. The van der Waals surface area contributed by atoms with Gasteiger partial charge >= 0.3 is 6.01 Å². The molecule has 0 saturated heterocycles. The van der Waals surface area contributed by atoms with Gasteiger partial charge in [-0.1, -0.05) is 6.92 Å². The van der Waals surface area contributed by atoms with Crippen molar-refractivity contribution in [1.82, 2.24) is 19.7 Å². The maximum absolute atomic E-state index is 5.90. The molecule has 0 radical (unpaired) electrons. The van der Waals surface area contributed by atoms with Gasteiger partial charge in [0.25, 0.3) is 0 Å². The zero-order valence-corrected chi connectivity index (χ0v) is 12.2. The van der Waals surface area contributed by atoms with Gasteiger partial charge in [-0.3, -0.25) is 4.68 Å². The van der Waals surface area contributed by atoms with Crippen molar-refractivity contribution in [1.29, 1.82) is 0 Å². The average molecular weight is 275 g/mol. The largest absolute Gasteiger partial charge is 0.421 e. The number of hydrogen-bond acceptors (Lipinski definition) is 5. The van der Waals surface area contributed by atoms with Gasteiger partial charge in [-0.2, -0.15) is 5.10 Å². The van der Waals surface area contributed by atoms with Gasteiger partial charge in [-0.25, -0.2) is 9.97 Å². The molecule has 1 atom stereocenters. The van der Waals surface area contributed by atoms with E-state index in [0.29, 0.717) is 17.8 Å². The van der Waals surface area contributed by atoms with E-state index in [9.17, 15) is 0 Å². The molecule has 0 aromatic carbocycles. The number of hydrogen-bond donors (Lipinski definition) is 1. The molecule has 6 heteroatoms. The summed E-state index contributed by atoms with van der Waals surface area (Å²) in [4.78, 5) is 8.38. The summed E-state index contributed by atoms with van der Waals surface area (Å²) in [6.07, 6.45) is 8.71. The quantitative estimate of drug-likeness (QED) is 0.875. The molecular weight excluding hydrogens is 254 g/mol. The molecule has 0 spiro atoms. The van der Waals surface area contributed by atoms with Crippen molar-refractivity contribution in [3.8, 4) is 11.8 Å². The molecule has 6 nitrogen and oxygen atoms in total. The van der Waals surface area contributed by atoms with Crippen LogP contribution in [-0.4, -0.2) is 25.8 Å². The molecule has 2 rings (SSSR count). The van der Waals surface area contributed by atoms with Crippen molar-refractivity contribution >= 4 is 0 Å². The Hall–Kier alpha value is -1.95. The van der Waals surface area contributed by atoms with Crippen LogP contribution in [0.2, 0.25) is 0 Å². The highest BCUT2D eigenvalue weighted by Gasteiger charge is 2.07. The zero-order chi connectivity index (χ0) is 14.5. The lowest BCUT2D eigenvalue weighted by Gasteiger charge is -2.08. The molecule has 0 aliphatic carbocycles. The SMILES string of the molecule is CCC(N)Cc1cnc(Oc2cnn(C(C)C)c2)nc1. The van der Waals surface area contributed by atoms with Crippen LogP contribution in [0.4, 0.5) is 0 Å². The Morgan fingerprint density at radius 2 is 1.95 bits per heavy atom. The van der Waals surface area contributed by atoms with E-state index in [1.54, 1.807) is 18.6 Å². The van der Waals surface area contributed by atoms with Gasteiger partial charge in [-0.05, 0) is 32.3 Å². The normalized spacial score (nSPS) is 12.7.